The zero-order chi connectivity index (χ0) is 20.3. The first-order chi connectivity index (χ1) is 14.1. The van der Waals surface area contributed by atoms with Gasteiger partial charge in [0.05, 0.1) is 6.54 Å². The second kappa shape index (κ2) is 8.07. The van der Waals surface area contributed by atoms with Gasteiger partial charge in [-0.15, -0.1) is 0 Å². The van der Waals surface area contributed by atoms with E-state index in [1.54, 1.807) is 24.3 Å². The largest absolute Gasteiger partial charge is 0.325 e. The number of para-hydroxylation sites is 1. The molecule has 0 atom stereocenters. The van der Waals surface area contributed by atoms with E-state index in [4.69, 9.17) is 0 Å². The van der Waals surface area contributed by atoms with Crippen LogP contribution in [0.2, 0.25) is 0 Å². The van der Waals surface area contributed by atoms with E-state index in [1.807, 2.05) is 30.3 Å². The van der Waals surface area contributed by atoms with E-state index in [2.05, 4.69) is 10.6 Å². The molecule has 2 N–H and O–H groups in total. The van der Waals surface area contributed by atoms with Crippen molar-refractivity contribution in [3.8, 4) is 0 Å². The zero-order valence-corrected chi connectivity index (χ0v) is 16.3. The zero-order valence-electron chi connectivity index (χ0n) is 16.3. The predicted octanol–water partition coefficient (Wildman–Crippen LogP) is 4.08. The van der Waals surface area contributed by atoms with E-state index in [9.17, 15) is 14.4 Å². The third kappa shape index (κ3) is 4.01. The SMILES string of the molecule is O=C(Nc1ccccc1)c1ccc(CN2C(=O)NC3(CCCCCC3)C2=O)cc1. The van der Waals surface area contributed by atoms with Gasteiger partial charge in [-0.2, -0.15) is 0 Å². The van der Waals surface area contributed by atoms with Crippen molar-refractivity contribution in [1.29, 1.82) is 0 Å². The second-order valence-corrected chi connectivity index (χ2v) is 7.83. The van der Waals surface area contributed by atoms with Crippen LogP contribution in [0.1, 0.15) is 54.4 Å². The Morgan fingerprint density at radius 3 is 2.24 bits per heavy atom. The minimum absolute atomic E-state index is 0.115. The fraction of sp³-hybridized carbons (Fsp3) is 0.348. The Hall–Kier alpha value is -3.15. The maximum atomic E-state index is 13.0. The first kappa shape index (κ1) is 19.2. The van der Waals surface area contributed by atoms with Crippen LogP contribution >= 0.6 is 0 Å². The number of nitrogens with zero attached hydrogens (tertiary/aromatic N) is 1. The number of imide groups is 1. The molecule has 0 bridgehead atoms. The molecule has 2 aromatic carbocycles. The van der Waals surface area contributed by atoms with Gasteiger partial charge in [-0.25, -0.2) is 4.79 Å². The fourth-order valence-corrected chi connectivity index (χ4v) is 4.16. The highest BCUT2D eigenvalue weighted by molar-refractivity contribution is 6.07. The van der Waals surface area contributed by atoms with Gasteiger partial charge in [-0.1, -0.05) is 56.0 Å². The van der Waals surface area contributed by atoms with Crippen molar-refractivity contribution in [3.05, 3.63) is 65.7 Å². The average Bonchev–Trinajstić information content (AvgIpc) is 2.89. The lowest BCUT2D eigenvalue weighted by atomic mass is 9.90. The fourth-order valence-electron chi connectivity index (χ4n) is 4.16. The first-order valence-electron chi connectivity index (χ1n) is 10.2. The quantitative estimate of drug-likeness (QED) is 0.771. The molecule has 0 radical (unpaired) electrons. The number of nitrogens with one attached hydrogen (secondary N) is 2. The Kier molecular flexibility index (Phi) is 5.34. The summed E-state index contributed by atoms with van der Waals surface area (Å²) in [6, 6.07) is 16.0. The monoisotopic (exact) mass is 391 g/mol. The number of hydrogen-bond donors (Lipinski definition) is 2. The van der Waals surface area contributed by atoms with E-state index in [0.29, 0.717) is 18.4 Å². The average molecular weight is 391 g/mol. The van der Waals surface area contributed by atoms with Crippen LogP contribution in [0, 0.1) is 0 Å². The molecule has 2 aromatic rings. The molecule has 6 nitrogen and oxygen atoms in total. The normalized spacial score (nSPS) is 18.4. The third-order valence-electron chi connectivity index (χ3n) is 5.79. The molecule has 1 aliphatic carbocycles. The Morgan fingerprint density at radius 2 is 1.59 bits per heavy atom. The third-order valence-corrected chi connectivity index (χ3v) is 5.79. The molecule has 1 saturated heterocycles. The van der Waals surface area contributed by atoms with Gasteiger partial charge in [-0.3, -0.25) is 14.5 Å². The van der Waals surface area contributed by atoms with E-state index in [-0.39, 0.29) is 24.4 Å². The maximum Gasteiger partial charge on any atom is 0.325 e. The minimum Gasteiger partial charge on any atom is -0.323 e. The van der Waals surface area contributed by atoms with Crippen molar-refractivity contribution in [1.82, 2.24) is 10.2 Å². The van der Waals surface area contributed by atoms with Crippen molar-refractivity contribution in [2.75, 3.05) is 5.32 Å². The molecular weight excluding hydrogens is 366 g/mol. The summed E-state index contributed by atoms with van der Waals surface area (Å²) in [4.78, 5) is 39.2. The topological polar surface area (TPSA) is 78.5 Å². The van der Waals surface area contributed by atoms with Crippen LogP contribution < -0.4 is 10.6 Å². The Bertz CT molecular complexity index is 901. The summed E-state index contributed by atoms with van der Waals surface area (Å²) < 4.78 is 0. The molecule has 1 heterocycles. The Morgan fingerprint density at radius 1 is 0.931 bits per heavy atom. The molecule has 1 saturated carbocycles. The van der Waals surface area contributed by atoms with Gasteiger partial charge in [0.2, 0.25) is 0 Å². The summed E-state index contributed by atoms with van der Waals surface area (Å²) in [5.41, 5.74) is 1.35. The standard InChI is InChI=1S/C23H25N3O3/c27-20(24-19-8-4-3-5-9-19)18-12-10-17(11-13-18)16-26-21(28)23(25-22(26)29)14-6-1-2-7-15-23/h3-5,8-13H,1-2,6-7,14-16H2,(H,24,27)(H,25,29). The van der Waals surface area contributed by atoms with E-state index >= 15 is 0 Å². The molecule has 29 heavy (non-hydrogen) atoms. The van der Waals surface area contributed by atoms with Crippen molar-refractivity contribution < 1.29 is 14.4 Å². The molecular formula is C23H25N3O3. The van der Waals surface area contributed by atoms with E-state index in [1.165, 1.54) is 4.90 Å². The van der Waals surface area contributed by atoms with Crippen LogP contribution in [0.4, 0.5) is 10.5 Å². The number of urea groups is 1. The van der Waals surface area contributed by atoms with Gasteiger partial charge in [0, 0.05) is 11.3 Å². The van der Waals surface area contributed by atoms with Gasteiger partial charge in [0.15, 0.2) is 0 Å². The summed E-state index contributed by atoms with van der Waals surface area (Å²) in [5, 5.41) is 5.80. The second-order valence-electron chi connectivity index (χ2n) is 7.83. The van der Waals surface area contributed by atoms with Crippen LogP contribution in [0.3, 0.4) is 0 Å². The molecule has 6 heteroatoms. The smallest absolute Gasteiger partial charge is 0.323 e. The summed E-state index contributed by atoms with van der Waals surface area (Å²) in [6.07, 6.45) is 5.57. The van der Waals surface area contributed by atoms with Crippen LogP contribution in [-0.2, 0) is 11.3 Å². The number of benzene rings is 2. The lowest BCUT2D eigenvalue weighted by molar-refractivity contribution is -0.132. The van der Waals surface area contributed by atoms with Gasteiger partial charge in [0.25, 0.3) is 11.8 Å². The van der Waals surface area contributed by atoms with Crippen molar-refractivity contribution >= 4 is 23.5 Å². The first-order valence-corrected chi connectivity index (χ1v) is 10.2. The lowest BCUT2D eigenvalue weighted by Crippen LogP contribution is -2.46. The van der Waals surface area contributed by atoms with Gasteiger partial charge >= 0.3 is 6.03 Å². The van der Waals surface area contributed by atoms with Crippen LogP contribution in [0.25, 0.3) is 0 Å². The maximum absolute atomic E-state index is 13.0. The number of amides is 4. The van der Waals surface area contributed by atoms with Gasteiger partial charge in [0.1, 0.15) is 5.54 Å². The summed E-state index contributed by atoms with van der Waals surface area (Å²) in [7, 11) is 0. The summed E-state index contributed by atoms with van der Waals surface area (Å²) in [6.45, 7) is 0.215. The molecule has 150 valence electrons. The molecule has 1 aliphatic heterocycles. The number of carbonyl (C=O) groups excluding carboxylic acids is 3. The minimum atomic E-state index is -0.719. The van der Waals surface area contributed by atoms with Crippen LogP contribution in [0.15, 0.2) is 54.6 Å². The highest BCUT2D eigenvalue weighted by Crippen LogP contribution is 2.33. The molecule has 4 rings (SSSR count). The van der Waals surface area contributed by atoms with Crippen LogP contribution in [-0.4, -0.2) is 28.3 Å². The van der Waals surface area contributed by atoms with Crippen molar-refractivity contribution in [2.45, 2.75) is 50.6 Å². The lowest BCUT2D eigenvalue weighted by Gasteiger charge is -2.24. The Labute approximate surface area is 170 Å². The molecule has 2 aliphatic rings. The molecule has 0 unspecified atom stereocenters. The summed E-state index contributed by atoms with van der Waals surface area (Å²) in [5.74, 6) is -0.314. The summed E-state index contributed by atoms with van der Waals surface area (Å²) >= 11 is 0. The van der Waals surface area contributed by atoms with Crippen LogP contribution in [0.5, 0.6) is 0 Å². The number of hydrogen-bond acceptors (Lipinski definition) is 3. The van der Waals surface area contributed by atoms with Gasteiger partial charge < -0.3 is 10.6 Å². The predicted molar refractivity (Wildman–Crippen MR) is 110 cm³/mol. The van der Waals surface area contributed by atoms with E-state index < -0.39 is 5.54 Å². The number of carbonyl (C=O) groups is 3. The highest BCUT2D eigenvalue weighted by Gasteiger charge is 2.50. The molecule has 0 aromatic heterocycles. The van der Waals surface area contributed by atoms with Gasteiger partial charge in [-0.05, 0) is 42.7 Å². The number of anilines is 1. The Balaban J connectivity index is 1.42. The molecule has 1 spiro atoms. The molecule has 2 fully saturated rings. The highest BCUT2D eigenvalue weighted by atomic mass is 16.2. The number of rotatable bonds is 4. The molecule has 4 amide bonds. The van der Waals surface area contributed by atoms with Crippen molar-refractivity contribution in [3.63, 3.8) is 0 Å². The van der Waals surface area contributed by atoms with Crippen molar-refractivity contribution in [2.24, 2.45) is 0 Å². The van der Waals surface area contributed by atoms with E-state index in [0.717, 1.165) is 36.9 Å².